The third-order valence-electron chi connectivity index (χ3n) is 3.43. The van der Waals surface area contributed by atoms with Gasteiger partial charge in [-0.3, -0.25) is 0 Å². The highest BCUT2D eigenvalue weighted by Gasteiger charge is 2.28. The Morgan fingerprint density at radius 1 is 1.25 bits per heavy atom. The van der Waals surface area contributed by atoms with Gasteiger partial charge in [0.25, 0.3) is 0 Å². The van der Waals surface area contributed by atoms with Gasteiger partial charge in [-0.25, -0.2) is 0 Å². The van der Waals surface area contributed by atoms with Crippen LogP contribution >= 0.6 is 0 Å². The average Bonchev–Trinajstić information content (AvgIpc) is 2.25. The Kier molecular flexibility index (Phi) is 2.45. The molecule has 1 heterocycles. The van der Waals surface area contributed by atoms with E-state index in [1.54, 1.807) is 7.11 Å². The smallest absolute Gasteiger partial charge is 0.120 e. The highest BCUT2D eigenvalue weighted by molar-refractivity contribution is 5.81. The molecular weight excluding hydrogens is 198 g/mol. The number of likely N-dealkylation sites (N-methyl/N-ethyl adjacent to an activating group) is 1. The minimum absolute atomic E-state index is 0.0590. The number of fused-ring (bicyclic) bond motifs is 1. The lowest BCUT2D eigenvalue weighted by atomic mass is 9.89. The third kappa shape index (κ3) is 1.58. The summed E-state index contributed by atoms with van der Waals surface area (Å²) >= 11 is 0. The molecule has 0 aromatic heterocycles. The summed E-state index contributed by atoms with van der Waals surface area (Å²) < 4.78 is 5.29. The topological polar surface area (TPSA) is 12.5 Å². The average molecular weight is 217 g/mol. The zero-order valence-electron chi connectivity index (χ0n) is 10.7. The van der Waals surface area contributed by atoms with Gasteiger partial charge < -0.3 is 9.64 Å². The zero-order valence-corrected chi connectivity index (χ0v) is 10.7. The number of rotatable bonds is 1. The highest BCUT2D eigenvalue weighted by Crippen LogP contribution is 2.39. The first-order chi connectivity index (χ1) is 7.45. The van der Waals surface area contributed by atoms with Gasteiger partial charge >= 0.3 is 0 Å². The predicted molar refractivity (Wildman–Crippen MR) is 69.1 cm³/mol. The second-order valence-corrected chi connectivity index (χ2v) is 4.92. The molecule has 0 N–H and O–H groups in total. The van der Waals surface area contributed by atoms with Gasteiger partial charge in [0, 0.05) is 24.4 Å². The first-order valence-corrected chi connectivity index (χ1v) is 5.57. The van der Waals surface area contributed by atoms with Crippen LogP contribution in [-0.2, 0) is 0 Å². The van der Waals surface area contributed by atoms with Crippen molar-refractivity contribution in [1.29, 1.82) is 0 Å². The number of nitrogens with zero attached hydrogens (tertiary/aromatic N) is 1. The molecule has 0 unspecified atom stereocenters. The molecule has 0 radical (unpaired) electrons. The Bertz CT molecular complexity index is 446. The van der Waals surface area contributed by atoms with Crippen molar-refractivity contribution in [3.8, 4) is 5.75 Å². The van der Waals surface area contributed by atoms with Crippen LogP contribution < -0.4 is 9.64 Å². The van der Waals surface area contributed by atoms with Crippen molar-refractivity contribution >= 4 is 11.3 Å². The van der Waals surface area contributed by atoms with E-state index in [-0.39, 0.29) is 5.54 Å². The molecule has 2 rings (SSSR count). The lowest BCUT2D eigenvalue weighted by Gasteiger charge is -2.40. The van der Waals surface area contributed by atoms with Crippen LogP contribution in [0.2, 0.25) is 0 Å². The molecule has 1 aromatic rings. The molecule has 0 spiro atoms. The molecule has 0 saturated carbocycles. The number of anilines is 1. The van der Waals surface area contributed by atoms with E-state index >= 15 is 0 Å². The minimum atomic E-state index is 0.0590. The van der Waals surface area contributed by atoms with E-state index in [0.717, 1.165) is 5.75 Å². The Balaban J connectivity index is 2.60. The fourth-order valence-corrected chi connectivity index (χ4v) is 2.26. The molecule has 0 amide bonds. The van der Waals surface area contributed by atoms with Crippen LogP contribution in [0.15, 0.2) is 24.3 Å². The van der Waals surface area contributed by atoms with Crippen molar-refractivity contribution in [2.75, 3.05) is 19.1 Å². The molecule has 0 bridgehead atoms. The van der Waals surface area contributed by atoms with Crippen LogP contribution in [-0.4, -0.2) is 19.7 Å². The summed E-state index contributed by atoms with van der Waals surface area (Å²) in [7, 11) is 3.83. The molecule has 1 aliphatic heterocycles. The van der Waals surface area contributed by atoms with Gasteiger partial charge in [0.05, 0.1) is 12.6 Å². The Morgan fingerprint density at radius 3 is 2.56 bits per heavy atom. The second kappa shape index (κ2) is 3.55. The van der Waals surface area contributed by atoms with Crippen LogP contribution in [0.1, 0.15) is 26.3 Å². The molecule has 2 nitrogen and oxygen atoms in total. The van der Waals surface area contributed by atoms with Gasteiger partial charge in [-0.2, -0.15) is 0 Å². The summed E-state index contributed by atoms with van der Waals surface area (Å²) in [6.07, 6.45) is 2.31. The molecular formula is C14H19NO. The zero-order chi connectivity index (χ0) is 11.9. The molecule has 0 aliphatic carbocycles. The highest BCUT2D eigenvalue weighted by atomic mass is 16.5. The van der Waals surface area contributed by atoms with Gasteiger partial charge in [0.1, 0.15) is 5.75 Å². The summed E-state index contributed by atoms with van der Waals surface area (Å²) in [4.78, 5) is 2.29. The van der Waals surface area contributed by atoms with Crippen LogP contribution in [0, 0.1) is 0 Å². The fourth-order valence-electron chi connectivity index (χ4n) is 2.26. The summed E-state index contributed by atoms with van der Waals surface area (Å²) in [6, 6.07) is 6.25. The van der Waals surface area contributed by atoms with Crippen LogP contribution in [0.5, 0.6) is 5.75 Å². The van der Waals surface area contributed by atoms with E-state index in [2.05, 4.69) is 50.9 Å². The maximum absolute atomic E-state index is 5.29. The summed E-state index contributed by atoms with van der Waals surface area (Å²) in [5.41, 5.74) is 3.93. The molecule has 16 heavy (non-hydrogen) atoms. The number of hydrogen-bond acceptors (Lipinski definition) is 2. The first kappa shape index (κ1) is 11.1. The molecule has 0 fully saturated rings. The second-order valence-electron chi connectivity index (χ2n) is 4.92. The van der Waals surface area contributed by atoms with E-state index in [4.69, 9.17) is 4.74 Å². The van der Waals surface area contributed by atoms with Gasteiger partial charge in [-0.05, 0) is 38.5 Å². The van der Waals surface area contributed by atoms with Crippen molar-refractivity contribution in [3.63, 3.8) is 0 Å². The quantitative estimate of drug-likeness (QED) is 0.715. The van der Waals surface area contributed by atoms with Gasteiger partial charge in [0.2, 0.25) is 0 Å². The minimum Gasteiger partial charge on any atom is -0.497 e. The van der Waals surface area contributed by atoms with Crippen molar-refractivity contribution in [1.82, 2.24) is 0 Å². The fraction of sp³-hybridized carbons (Fsp3) is 0.429. The van der Waals surface area contributed by atoms with E-state index < -0.39 is 0 Å². The van der Waals surface area contributed by atoms with Gasteiger partial charge in [0.15, 0.2) is 0 Å². The van der Waals surface area contributed by atoms with Crippen LogP contribution in [0.3, 0.4) is 0 Å². The van der Waals surface area contributed by atoms with Crippen molar-refractivity contribution in [2.24, 2.45) is 0 Å². The van der Waals surface area contributed by atoms with E-state index in [9.17, 15) is 0 Å². The summed E-state index contributed by atoms with van der Waals surface area (Å²) in [5, 5.41) is 0. The lowest BCUT2D eigenvalue weighted by molar-refractivity contribution is 0.414. The predicted octanol–water partition coefficient (Wildman–Crippen LogP) is 3.33. The molecule has 0 saturated heterocycles. The summed E-state index contributed by atoms with van der Waals surface area (Å²) in [5.74, 6) is 0.913. The standard InChI is InChI=1S/C14H19NO/c1-10-9-14(2,3)15(4)13-8-11(16-5)6-7-12(10)13/h6-9H,1-5H3. The molecule has 2 heteroatoms. The van der Waals surface area contributed by atoms with Crippen molar-refractivity contribution < 1.29 is 4.74 Å². The molecule has 86 valence electrons. The Labute approximate surface area is 97.5 Å². The number of hydrogen-bond donors (Lipinski definition) is 0. The largest absolute Gasteiger partial charge is 0.497 e. The van der Waals surface area contributed by atoms with Gasteiger partial charge in [-0.15, -0.1) is 0 Å². The van der Waals surface area contributed by atoms with Crippen molar-refractivity contribution in [2.45, 2.75) is 26.3 Å². The van der Waals surface area contributed by atoms with E-state index in [0.29, 0.717) is 0 Å². The third-order valence-corrected chi connectivity index (χ3v) is 3.43. The number of allylic oxidation sites excluding steroid dienone is 1. The normalized spacial score (nSPS) is 17.8. The number of ether oxygens (including phenoxy) is 1. The molecule has 0 atom stereocenters. The Morgan fingerprint density at radius 2 is 1.94 bits per heavy atom. The Hall–Kier alpha value is -1.44. The van der Waals surface area contributed by atoms with Crippen LogP contribution in [0.25, 0.3) is 5.57 Å². The number of methoxy groups -OCH3 is 1. The van der Waals surface area contributed by atoms with E-state index in [1.165, 1.54) is 16.8 Å². The number of benzene rings is 1. The van der Waals surface area contributed by atoms with Crippen molar-refractivity contribution in [3.05, 3.63) is 29.8 Å². The van der Waals surface area contributed by atoms with E-state index in [1.807, 2.05) is 6.07 Å². The lowest BCUT2D eigenvalue weighted by Crippen LogP contribution is -2.41. The van der Waals surface area contributed by atoms with Crippen LogP contribution in [0.4, 0.5) is 5.69 Å². The monoisotopic (exact) mass is 217 g/mol. The summed E-state index contributed by atoms with van der Waals surface area (Å²) in [6.45, 7) is 6.61. The SMILES string of the molecule is COc1ccc2c(c1)N(C)C(C)(C)C=C2C. The first-order valence-electron chi connectivity index (χ1n) is 5.57. The maximum Gasteiger partial charge on any atom is 0.120 e. The molecule has 1 aliphatic rings. The van der Waals surface area contributed by atoms with Gasteiger partial charge in [-0.1, -0.05) is 6.08 Å². The maximum atomic E-state index is 5.29. The molecule has 1 aromatic carbocycles.